The molecule has 1 aromatic carbocycles. The van der Waals surface area contributed by atoms with Crippen LogP contribution in [0.4, 0.5) is 11.6 Å². The third-order valence-corrected chi connectivity index (χ3v) is 2.64. The van der Waals surface area contributed by atoms with Gasteiger partial charge in [-0.1, -0.05) is 6.07 Å². The Morgan fingerprint density at radius 1 is 1.12 bits per heavy atom. The summed E-state index contributed by atoms with van der Waals surface area (Å²) in [5, 5.41) is 3.09. The van der Waals surface area contributed by atoms with Crippen molar-refractivity contribution < 1.29 is 0 Å². The van der Waals surface area contributed by atoms with E-state index >= 15 is 0 Å². The second kappa shape index (κ2) is 4.41. The Hall–Kier alpha value is -2.10. The van der Waals surface area contributed by atoms with Crippen molar-refractivity contribution in [1.82, 2.24) is 9.97 Å². The van der Waals surface area contributed by atoms with Crippen LogP contribution in [0.3, 0.4) is 0 Å². The Morgan fingerprint density at radius 3 is 2.53 bits per heavy atom. The number of hydrogen-bond donors (Lipinski definition) is 2. The molecule has 4 nitrogen and oxygen atoms in total. The number of H-pyrrole nitrogens is 1. The molecule has 4 heteroatoms. The van der Waals surface area contributed by atoms with E-state index in [-0.39, 0.29) is 5.56 Å². The Labute approximate surface area is 99.7 Å². The van der Waals surface area contributed by atoms with E-state index in [2.05, 4.69) is 22.2 Å². The Bertz CT molecular complexity index is 602. The zero-order valence-corrected chi connectivity index (χ0v) is 10.2. The first-order valence-electron chi connectivity index (χ1n) is 5.47. The normalized spacial score (nSPS) is 10.3. The van der Waals surface area contributed by atoms with Crippen LogP contribution in [0.5, 0.6) is 0 Å². The van der Waals surface area contributed by atoms with Crippen LogP contribution in [0.1, 0.15) is 16.8 Å². The number of aromatic amines is 1. The van der Waals surface area contributed by atoms with Gasteiger partial charge in [0.05, 0.1) is 0 Å². The molecule has 0 saturated heterocycles. The van der Waals surface area contributed by atoms with E-state index in [1.165, 1.54) is 17.2 Å². The van der Waals surface area contributed by atoms with Crippen LogP contribution in [-0.2, 0) is 0 Å². The van der Waals surface area contributed by atoms with Gasteiger partial charge in [0.15, 0.2) is 0 Å². The number of nitrogens with zero attached hydrogens (tertiary/aromatic N) is 1. The molecule has 0 aliphatic rings. The lowest BCUT2D eigenvalue weighted by Gasteiger charge is -2.07. The second-order valence-electron chi connectivity index (χ2n) is 4.16. The van der Waals surface area contributed by atoms with Gasteiger partial charge >= 0.3 is 0 Å². The zero-order valence-electron chi connectivity index (χ0n) is 10.2. The minimum atomic E-state index is -0.149. The fourth-order valence-corrected chi connectivity index (χ4v) is 1.59. The van der Waals surface area contributed by atoms with Crippen molar-refractivity contribution in [3.05, 3.63) is 51.4 Å². The molecule has 0 aliphatic heterocycles. The number of rotatable bonds is 2. The van der Waals surface area contributed by atoms with Crippen molar-refractivity contribution in [3.8, 4) is 0 Å². The van der Waals surface area contributed by atoms with Gasteiger partial charge < -0.3 is 5.32 Å². The Morgan fingerprint density at radius 2 is 1.88 bits per heavy atom. The lowest BCUT2D eigenvalue weighted by Crippen LogP contribution is -2.10. The van der Waals surface area contributed by atoms with Crippen molar-refractivity contribution >= 4 is 11.6 Å². The molecular formula is C13H15N3O. The molecule has 2 N–H and O–H groups in total. The first-order valence-corrected chi connectivity index (χ1v) is 5.47. The van der Waals surface area contributed by atoms with Crippen LogP contribution in [0, 0.1) is 20.8 Å². The van der Waals surface area contributed by atoms with Gasteiger partial charge in [0, 0.05) is 17.4 Å². The SMILES string of the molecule is Cc1cc(=O)[nH]c(Nc2ccc(C)c(C)c2)n1. The summed E-state index contributed by atoms with van der Waals surface area (Å²) in [5.74, 6) is 0.471. The number of aromatic nitrogens is 2. The Kier molecular flexibility index (Phi) is 2.95. The predicted molar refractivity (Wildman–Crippen MR) is 68.8 cm³/mol. The van der Waals surface area contributed by atoms with Gasteiger partial charge in [-0.05, 0) is 44.0 Å². The molecule has 2 rings (SSSR count). The molecule has 0 bridgehead atoms. The highest BCUT2D eigenvalue weighted by molar-refractivity contribution is 5.55. The molecule has 17 heavy (non-hydrogen) atoms. The van der Waals surface area contributed by atoms with Crippen LogP contribution in [0.25, 0.3) is 0 Å². The van der Waals surface area contributed by atoms with E-state index < -0.39 is 0 Å². The van der Waals surface area contributed by atoms with Gasteiger partial charge in [-0.25, -0.2) is 4.98 Å². The first-order chi connectivity index (χ1) is 8.04. The van der Waals surface area contributed by atoms with Crippen molar-refractivity contribution in [1.29, 1.82) is 0 Å². The largest absolute Gasteiger partial charge is 0.326 e. The van der Waals surface area contributed by atoms with Gasteiger partial charge in [-0.3, -0.25) is 9.78 Å². The summed E-state index contributed by atoms with van der Waals surface area (Å²) >= 11 is 0. The quantitative estimate of drug-likeness (QED) is 0.831. The third-order valence-electron chi connectivity index (χ3n) is 2.64. The van der Waals surface area contributed by atoms with Crippen molar-refractivity contribution in [2.75, 3.05) is 5.32 Å². The minimum absolute atomic E-state index is 0.149. The monoisotopic (exact) mass is 229 g/mol. The van der Waals surface area contributed by atoms with Crippen molar-refractivity contribution in [3.63, 3.8) is 0 Å². The molecule has 0 saturated carbocycles. The van der Waals surface area contributed by atoms with Gasteiger partial charge in [-0.15, -0.1) is 0 Å². The summed E-state index contributed by atoms with van der Waals surface area (Å²) in [6, 6.07) is 7.49. The smallest absolute Gasteiger partial charge is 0.252 e. The number of benzene rings is 1. The maximum atomic E-state index is 11.3. The molecule has 1 aromatic heterocycles. The van der Waals surface area contributed by atoms with E-state index in [9.17, 15) is 4.79 Å². The van der Waals surface area contributed by atoms with E-state index in [0.717, 1.165) is 5.69 Å². The zero-order chi connectivity index (χ0) is 12.4. The standard InChI is InChI=1S/C13H15N3O/c1-8-4-5-11(6-9(8)2)15-13-14-10(3)7-12(17)16-13/h4-7H,1-3H3,(H2,14,15,16,17). The highest BCUT2D eigenvalue weighted by Gasteiger charge is 2.00. The van der Waals surface area contributed by atoms with Crippen molar-refractivity contribution in [2.24, 2.45) is 0 Å². The molecule has 0 unspecified atom stereocenters. The molecule has 0 amide bonds. The summed E-state index contributed by atoms with van der Waals surface area (Å²) in [4.78, 5) is 18.2. The molecule has 0 fully saturated rings. The third kappa shape index (κ3) is 2.72. The fourth-order valence-electron chi connectivity index (χ4n) is 1.59. The molecule has 2 aromatic rings. The van der Waals surface area contributed by atoms with Gasteiger partial charge in [0.25, 0.3) is 5.56 Å². The molecule has 88 valence electrons. The number of anilines is 2. The molecule has 0 spiro atoms. The van der Waals surface area contributed by atoms with Gasteiger partial charge in [0.2, 0.25) is 5.95 Å². The highest BCUT2D eigenvalue weighted by atomic mass is 16.1. The minimum Gasteiger partial charge on any atom is -0.326 e. The van der Waals surface area contributed by atoms with Gasteiger partial charge in [-0.2, -0.15) is 0 Å². The van der Waals surface area contributed by atoms with E-state index in [1.54, 1.807) is 6.92 Å². The molecule has 0 radical (unpaired) electrons. The second-order valence-corrected chi connectivity index (χ2v) is 4.16. The summed E-state index contributed by atoms with van der Waals surface area (Å²) in [5.41, 5.74) is 3.90. The average Bonchev–Trinajstić information content (AvgIpc) is 2.22. The maximum absolute atomic E-state index is 11.3. The fraction of sp³-hybridized carbons (Fsp3) is 0.231. The first kappa shape index (κ1) is 11.4. The van der Waals surface area contributed by atoms with Crippen LogP contribution >= 0.6 is 0 Å². The lowest BCUT2D eigenvalue weighted by molar-refractivity contribution is 1.07. The van der Waals surface area contributed by atoms with E-state index in [0.29, 0.717) is 11.6 Å². The molecular weight excluding hydrogens is 214 g/mol. The predicted octanol–water partition coefficient (Wildman–Crippen LogP) is 2.44. The lowest BCUT2D eigenvalue weighted by atomic mass is 10.1. The van der Waals surface area contributed by atoms with Crippen LogP contribution in [-0.4, -0.2) is 9.97 Å². The average molecular weight is 229 g/mol. The van der Waals surface area contributed by atoms with Gasteiger partial charge in [0.1, 0.15) is 0 Å². The summed E-state index contributed by atoms with van der Waals surface area (Å²) in [7, 11) is 0. The van der Waals surface area contributed by atoms with Crippen LogP contribution < -0.4 is 10.9 Å². The number of nitrogens with one attached hydrogen (secondary N) is 2. The van der Waals surface area contributed by atoms with Crippen LogP contribution in [0.15, 0.2) is 29.1 Å². The topological polar surface area (TPSA) is 57.8 Å². The maximum Gasteiger partial charge on any atom is 0.252 e. The number of hydrogen-bond acceptors (Lipinski definition) is 3. The van der Waals surface area contributed by atoms with Crippen LogP contribution in [0.2, 0.25) is 0 Å². The molecule has 0 aliphatic carbocycles. The van der Waals surface area contributed by atoms with E-state index in [1.807, 2.05) is 25.1 Å². The van der Waals surface area contributed by atoms with Crippen molar-refractivity contribution in [2.45, 2.75) is 20.8 Å². The molecule has 0 atom stereocenters. The van der Waals surface area contributed by atoms with E-state index in [4.69, 9.17) is 0 Å². The summed E-state index contributed by atoms with van der Waals surface area (Å²) < 4.78 is 0. The number of aryl methyl sites for hydroxylation is 3. The highest BCUT2D eigenvalue weighted by Crippen LogP contribution is 2.16. The summed E-state index contributed by atoms with van der Waals surface area (Å²) in [6.07, 6.45) is 0. The Balaban J connectivity index is 2.31. The molecule has 1 heterocycles. The summed E-state index contributed by atoms with van der Waals surface area (Å²) in [6.45, 7) is 5.90.